The second kappa shape index (κ2) is 6.20. The van der Waals surface area contributed by atoms with Gasteiger partial charge in [0.05, 0.1) is 22.8 Å². The SMILES string of the molecule is Cc1cn2nc(-c3cc4cn(C5CCB(C#N)CC5)nc4s3)cc(C)c2n1. The lowest BCUT2D eigenvalue weighted by Gasteiger charge is -2.23. The smallest absolute Gasteiger partial charge is 0.268 e. The van der Waals surface area contributed by atoms with Crippen molar-refractivity contribution in [1.82, 2.24) is 24.4 Å². The monoisotopic (exact) mass is 374 g/mol. The van der Waals surface area contributed by atoms with Crippen molar-refractivity contribution in [3.05, 3.63) is 35.8 Å². The molecule has 27 heavy (non-hydrogen) atoms. The Morgan fingerprint density at radius 3 is 2.74 bits per heavy atom. The summed E-state index contributed by atoms with van der Waals surface area (Å²) in [6.45, 7) is 4.28. The van der Waals surface area contributed by atoms with Gasteiger partial charge < -0.3 is 0 Å². The molecule has 0 aliphatic carbocycles. The predicted octanol–water partition coefficient (Wildman–Crippen LogP) is 4.32. The summed E-state index contributed by atoms with van der Waals surface area (Å²) in [5.41, 5.74) is 3.97. The minimum absolute atomic E-state index is 0.223. The van der Waals surface area contributed by atoms with Gasteiger partial charge in [-0.2, -0.15) is 10.2 Å². The van der Waals surface area contributed by atoms with Crippen LogP contribution < -0.4 is 0 Å². The molecular weight excluding hydrogens is 355 g/mol. The lowest BCUT2D eigenvalue weighted by Crippen LogP contribution is -2.22. The maximum Gasteiger partial charge on any atom is 0.268 e. The number of nitrogens with zero attached hydrogens (tertiary/aromatic N) is 6. The fourth-order valence-electron chi connectivity index (χ4n) is 3.99. The average Bonchev–Trinajstić information content (AvgIpc) is 3.34. The van der Waals surface area contributed by atoms with Crippen molar-refractivity contribution in [2.75, 3.05) is 0 Å². The Kier molecular flexibility index (Phi) is 3.79. The van der Waals surface area contributed by atoms with Crippen LogP contribution in [0.4, 0.5) is 0 Å². The molecule has 5 heterocycles. The van der Waals surface area contributed by atoms with Crippen molar-refractivity contribution in [2.24, 2.45) is 0 Å². The van der Waals surface area contributed by atoms with E-state index in [1.807, 2.05) is 17.6 Å². The van der Waals surface area contributed by atoms with Crippen molar-refractivity contribution in [1.29, 1.82) is 5.26 Å². The van der Waals surface area contributed by atoms with E-state index >= 15 is 0 Å². The van der Waals surface area contributed by atoms with E-state index in [1.165, 1.54) is 5.39 Å². The lowest BCUT2D eigenvalue weighted by atomic mass is 9.42. The van der Waals surface area contributed by atoms with E-state index in [4.69, 9.17) is 15.5 Å². The number of aryl methyl sites for hydroxylation is 2. The van der Waals surface area contributed by atoms with E-state index in [-0.39, 0.29) is 6.71 Å². The van der Waals surface area contributed by atoms with Crippen LogP contribution in [0, 0.1) is 25.1 Å². The summed E-state index contributed by atoms with van der Waals surface area (Å²) in [5.74, 6) is 2.40. The number of fused-ring (bicyclic) bond motifs is 2. The molecule has 134 valence electrons. The molecule has 1 fully saturated rings. The third-order valence-corrected chi connectivity index (χ3v) is 6.51. The molecule has 0 atom stereocenters. The van der Waals surface area contributed by atoms with Crippen LogP contribution in [0.1, 0.15) is 30.1 Å². The molecule has 0 radical (unpaired) electrons. The number of aromatic nitrogens is 5. The number of nitriles is 1. The third kappa shape index (κ3) is 2.83. The standard InChI is InChI=1S/C19H19BN6S/c1-12-7-16(23-26-9-13(2)22-18(12)26)17-8-14-10-25(24-19(14)27-17)15-3-5-20(11-21)6-4-15/h7-10,15H,3-6H2,1-2H3. The molecule has 0 spiro atoms. The minimum Gasteiger partial charge on any atom is -0.268 e. The first-order valence-electron chi connectivity index (χ1n) is 9.33. The molecule has 0 N–H and O–H groups in total. The van der Waals surface area contributed by atoms with E-state index in [1.54, 1.807) is 11.3 Å². The molecular formula is C19H19BN6S. The molecule has 4 aromatic rings. The normalized spacial score (nSPS) is 15.7. The number of imidazole rings is 1. The molecule has 0 saturated carbocycles. The Morgan fingerprint density at radius 2 is 2.00 bits per heavy atom. The molecule has 1 aliphatic heterocycles. The van der Waals surface area contributed by atoms with Gasteiger partial charge in [-0.05, 0) is 44.4 Å². The highest BCUT2D eigenvalue weighted by Gasteiger charge is 2.26. The molecule has 0 unspecified atom stereocenters. The third-order valence-electron chi connectivity index (χ3n) is 5.45. The van der Waals surface area contributed by atoms with Crippen LogP contribution in [0.5, 0.6) is 0 Å². The summed E-state index contributed by atoms with van der Waals surface area (Å²) in [6, 6.07) is 4.70. The second-order valence-corrected chi connectivity index (χ2v) is 8.51. The fraction of sp³-hybridized carbons (Fsp3) is 0.368. The Labute approximate surface area is 161 Å². The van der Waals surface area contributed by atoms with Gasteiger partial charge in [0.1, 0.15) is 10.5 Å². The van der Waals surface area contributed by atoms with Crippen molar-refractivity contribution in [2.45, 2.75) is 45.4 Å². The van der Waals surface area contributed by atoms with Gasteiger partial charge in [0, 0.05) is 17.6 Å². The van der Waals surface area contributed by atoms with Gasteiger partial charge in [-0.25, -0.2) is 14.8 Å². The van der Waals surface area contributed by atoms with Gasteiger partial charge in [0.2, 0.25) is 0 Å². The average molecular weight is 374 g/mol. The first-order valence-corrected chi connectivity index (χ1v) is 10.1. The molecule has 4 aromatic heterocycles. The molecule has 0 aromatic carbocycles. The summed E-state index contributed by atoms with van der Waals surface area (Å²) in [6.07, 6.45) is 8.15. The summed E-state index contributed by atoms with van der Waals surface area (Å²) < 4.78 is 3.98. The van der Waals surface area contributed by atoms with Gasteiger partial charge in [-0.15, -0.1) is 11.3 Å². The topological polar surface area (TPSA) is 71.8 Å². The quantitative estimate of drug-likeness (QED) is 0.490. The van der Waals surface area contributed by atoms with Crippen LogP contribution in [0.2, 0.25) is 12.6 Å². The summed E-state index contributed by atoms with van der Waals surface area (Å²) in [4.78, 5) is 6.70. The highest BCUT2D eigenvalue weighted by molar-refractivity contribution is 7.21. The van der Waals surface area contributed by atoms with Crippen molar-refractivity contribution in [3.63, 3.8) is 0 Å². The fourth-order valence-corrected chi connectivity index (χ4v) is 4.95. The lowest BCUT2D eigenvalue weighted by molar-refractivity contribution is 0.418. The van der Waals surface area contributed by atoms with Crippen LogP contribution >= 0.6 is 11.3 Å². The Balaban J connectivity index is 1.46. The number of hydrogen-bond acceptors (Lipinski definition) is 5. The van der Waals surface area contributed by atoms with Gasteiger partial charge in [0.15, 0.2) is 5.65 Å². The summed E-state index contributed by atoms with van der Waals surface area (Å²) >= 11 is 1.68. The van der Waals surface area contributed by atoms with Crippen LogP contribution in [0.15, 0.2) is 24.5 Å². The molecule has 5 rings (SSSR count). The summed E-state index contributed by atoms with van der Waals surface area (Å²) in [5, 5.41) is 19.8. The van der Waals surface area contributed by atoms with E-state index in [2.05, 4.69) is 40.9 Å². The van der Waals surface area contributed by atoms with Crippen LogP contribution in [0.25, 0.3) is 26.4 Å². The Bertz CT molecular complexity index is 1160. The van der Waals surface area contributed by atoms with Gasteiger partial charge in [0.25, 0.3) is 6.71 Å². The molecule has 1 saturated heterocycles. The zero-order chi connectivity index (χ0) is 18.5. The first-order chi connectivity index (χ1) is 13.1. The van der Waals surface area contributed by atoms with Gasteiger partial charge >= 0.3 is 0 Å². The van der Waals surface area contributed by atoms with E-state index in [9.17, 15) is 0 Å². The molecule has 0 bridgehead atoms. The maximum absolute atomic E-state index is 9.07. The Morgan fingerprint density at radius 1 is 1.19 bits per heavy atom. The highest BCUT2D eigenvalue weighted by Crippen LogP contribution is 2.35. The van der Waals surface area contributed by atoms with Gasteiger partial charge in [-0.1, -0.05) is 12.6 Å². The number of rotatable bonds is 2. The second-order valence-electron chi connectivity index (χ2n) is 7.48. The van der Waals surface area contributed by atoms with Crippen LogP contribution in [-0.4, -0.2) is 31.1 Å². The Hall–Kier alpha value is -2.66. The number of thiophene rings is 1. The number of hydrogen-bond donors (Lipinski definition) is 0. The zero-order valence-corrected chi connectivity index (χ0v) is 16.2. The van der Waals surface area contributed by atoms with Crippen molar-refractivity contribution < 1.29 is 0 Å². The van der Waals surface area contributed by atoms with E-state index in [0.29, 0.717) is 6.04 Å². The highest BCUT2D eigenvalue weighted by atomic mass is 32.1. The zero-order valence-electron chi connectivity index (χ0n) is 15.4. The molecule has 0 amide bonds. The predicted molar refractivity (Wildman–Crippen MR) is 108 cm³/mol. The van der Waals surface area contributed by atoms with Crippen molar-refractivity contribution in [3.8, 4) is 16.5 Å². The van der Waals surface area contributed by atoms with E-state index in [0.717, 1.165) is 57.8 Å². The largest absolute Gasteiger partial charge is 0.268 e. The van der Waals surface area contributed by atoms with Crippen LogP contribution in [-0.2, 0) is 0 Å². The van der Waals surface area contributed by atoms with Gasteiger partial charge in [-0.3, -0.25) is 4.68 Å². The first kappa shape index (κ1) is 16.5. The summed E-state index contributed by atoms with van der Waals surface area (Å²) in [7, 11) is 0. The van der Waals surface area contributed by atoms with Crippen molar-refractivity contribution >= 4 is 33.9 Å². The van der Waals surface area contributed by atoms with Crippen LogP contribution in [0.3, 0.4) is 0 Å². The molecule has 6 nitrogen and oxygen atoms in total. The maximum atomic E-state index is 9.07. The minimum atomic E-state index is 0.223. The molecule has 8 heteroatoms. The van der Waals surface area contributed by atoms with E-state index < -0.39 is 0 Å². The molecule has 1 aliphatic rings.